The highest BCUT2D eigenvalue weighted by Gasteiger charge is 2.24. The standard InChI is InChI=1S/C13H22N2O4/c1-8(14-12(18)19-13(2,3)4)11(17)15-9-5-6-10(16)7-9/h5-6,8-10,16H,7H2,1-4H3,(H,14,18)(H,15,17)/t8-,9-,10+/m0/s1. The van der Waals surface area contributed by atoms with Crippen molar-refractivity contribution in [1.29, 1.82) is 0 Å². The molecule has 3 atom stereocenters. The first kappa shape index (κ1) is 15.5. The second-order valence-corrected chi connectivity index (χ2v) is 5.67. The molecule has 0 aromatic heterocycles. The van der Waals surface area contributed by atoms with Gasteiger partial charge < -0.3 is 20.5 Å². The molecule has 0 aliphatic heterocycles. The van der Waals surface area contributed by atoms with Crippen LogP contribution in [0.4, 0.5) is 4.79 Å². The minimum Gasteiger partial charge on any atom is -0.444 e. The molecule has 6 heteroatoms. The van der Waals surface area contributed by atoms with Gasteiger partial charge in [0.05, 0.1) is 12.1 Å². The Bertz CT molecular complexity index is 373. The van der Waals surface area contributed by atoms with Gasteiger partial charge in [-0.25, -0.2) is 4.79 Å². The molecule has 0 fully saturated rings. The largest absolute Gasteiger partial charge is 0.444 e. The molecule has 0 radical (unpaired) electrons. The first-order valence-electron chi connectivity index (χ1n) is 6.33. The van der Waals surface area contributed by atoms with Crippen LogP contribution in [0.15, 0.2) is 12.2 Å². The van der Waals surface area contributed by atoms with E-state index in [2.05, 4.69) is 10.6 Å². The number of hydrogen-bond acceptors (Lipinski definition) is 4. The Morgan fingerprint density at radius 2 is 2.00 bits per heavy atom. The highest BCUT2D eigenvalue weighted by Crippen LogP contribution is 2.10. The van der Waals surface area contributed by atoms with E-state index in [1.165, 1.54) is 0 Å². The number of nitrogens with one attached hydrogen (secondary N) is 2. The third-order valence-electron chi connectivity index (χ3n) is 2.52. The third kappa shape index (κ3) is 5.74. The molecule has 6 nitrogen and oxygen atoms in total. The number of alkyl carbamates (subject to hydrolysis) is 1. The summed E-state index contributed by atoms with van der Waals surface area (Å²) in [5.74, 6) is -0.311. The van der Waals surface area contributed by atoms with Crippen LogP contribution < -0.4 is 10.6 Å². The normalized spacial score (nSPS) is 23.8. The number of aliphatic hydroxyl groups is 1. The molecular weight excluding hydrogens is 248 g/mol. The second kappa shape index (κ2) is 6.06. The lowest BCUT2D eigenvalue weighted by Crippen LogP contribution is -2.48. The zero-order valence-corrected chi connectivity index (χ0v) is 11.8. The summed E-state index contributed by atoms with van der Waals surface area (Å²) in [7, 11) is 0. The Morgan fingerprint density at radius 1 is 1.37 bits per heavy atom. The van der Waals surface area contributed by atoms with Crippen LogP contribution >= 0.6 is 0 Å². The first-order chi connectivity index (χ1) is 8.67. The van der Waals surface area contributed by atoms with E-state index in [-0.39, 0.29) is 11.9 Å². The van der Waals surface area contributed by atoms with Gasteiger partial charge in [0.15, 0.2) is 0 Å². The Kier molecular flexibility index (Phi) is 4.94. The quantitative estimate of drug-likeness (QED) is 0.659. The second-order valence-electron chi connectivity index (χ2n) is 5.67. The van der Waals surface area contributed by atoms with Crippen molar-refractivity contribution in [3.63, 3.8) is 0 Å². The molecular formula is C13H22N2O4. The van der Waals surface area contributed by atoms with Crippen molar-refractivity contribution >= 4 is 12.0 Å². The highest BCUT2D eigenvalue weighted by atomic mass is 16.6. The first-order valence-corrected chi connectivity index (χ1v) is 6.33. The fraction of sp³-hybridized carbons (Fsp3) is 0.692. The van der Waals surface area contributed by atoms with Crippen LogP contribution in [0, 0.1) is 0 Å². The van der Waals surface area contributed by atoms with Gasteiger partial charge in [-0.05, 0) is 27.7 Å². The number of hydrogen-bond donors (Lipinski definition) is 3. The summed E-state index contributed by atoms with van der Waals surface area (Å²) in [6.45, 7) is 6.83. The average molecular weight is 270 g/mol. The predicted molar refractivity (Wildman–Crippen MR) is 70.5 cm³/mol. The Labute approximate surface area is 113 Å². The van der Waals surface area contributed by atoms with Crippen molar-refractivity contribution in [3.05, 3.63) is 12.2 Å². The van der Waals surface area contributed by atoms with E-state index in [4.69, 9.17) is 4.74 Å². The maximum absolute atomic E-state index is 11.8. The van der Waals surface area contributed by atoms with Gasteiger partial charge in [0.1, 0.15) is 11.6 Å². The van der Waals surface area contributed by atoms with Gasteiger partial charge in [-0.1, -0.05) is 12.2 Å². The summed E-state index contributed by atoms with van der Waals surface area (Å²) in [4.78, 5) is 23.3. The van der Waals surface area contributed by atoms with E-state index in [0.29, 0.717) is 6.42 Å². The zero-order valence-electron chi connectivity index (χ0n) is 11.8. The van der Waals surface area contributed by atoms with Gasteiger partial charge in [0.2, 0.25) is 5.91 Å². The molecule has 0 heterocycles. The van der Waals surface area contributed by atoms with Gasteiger partial charge in [-0.2, -0.15) is 0 Å². The fourth-order valence-corrected chi connectivity index (χ4v) is 1.64. The lowest BCUT2D eigenvalue weighted by Gasteiger charge is -2.22. The number of carbonyl (C=O) groups is 2. The van der Waals surface area contributed by atoms with Gasteiger partial charge in [0.25, 0.3) is 0 Å². The number of carbonyl (C=O) groups excluding carboxylic acids is 2. The molecule has 3 N–H and O–H groups in total. The monoisotopic (exact) mass is 270 g/mol. The highest BCUT2D eigenvalue weighted by molar-refractivity contribution is 5.85. The minimum absolute atomic E-state index is 0.189. The molecule has 0 saturated heterocycles. The average Bonchev–Trinajstić information content (AvgIpc) is 2.60. The molecule has 0 aromatic rings. The molecule has 0 unspecified atom stereocenters. The summed E-state index contributed by atoms with van der Waals surface area (Å²) in [5, 5.41) is 14.5. The summed E-state index contributed by atoms with van der Waals surface area (Å²) >= 11 is 0. The van der Waals surface area contributed by atoms with Crippen molar-refractivity contribution < 1.29 is 19.4 Å². The van der Waals surface area contributed by atoms with E-state index in [1.807, 2.05) is 0 Å². The Morgan fingerprint density at radius 3 is 2.47 bits per heavy atom. The fourth-order valence-electron chi connectivity index (χ4n) is 1.64. The number of aliphatic hydroxyl groups excluding tert-OH is 1. The van der Waals surface area contributed by atoms with Gasteiger partial charge >= 0.3 is 6.09 Å². The van der Waals surface area contributed by atoms with Crippen LogP contribution in [0.1, 0.15) is 34.1 Å². The van der Waals surface area contributed by atoms with E-state index in [9.17, 15) is 14.7 Å². The molecule has 1 aliphatic rings. The zero-order chi connectivity index (χ0) is 14.6. The van der Waals surface area contributed by atoms with Crippen molar-refractivity contribution in [2.45, 2.75) is 57.9 Å². The molecule has 1 rings (SSSR count). The third-order valence-corrected chi connectivity index (χ3v) is 2.52. The lowest BCUT2D eigenvalue weighted by molar-refractivity contribution is -0.123. The van der Waals surface area contributed by atoms with E-state index < -0.39 is 23.8 Å². The van der Waals surface area contributed by atoms with Crippen LogP contribution in [-0.2, 0) is 9.53 Å². The Balaban J connectivity index is 2.36. The van der Waals surface area contributed by atoms with Crippen LogP contribution in [0.3, 0.4) is 0 Å². The van der Waals surface area contributed by atoms with Crippen molar-refractivity contribution in [2.24, 2.45) is 0 Å². The van der Waals surface area contributed by atoms with Crippen molar-refractivity contribution in [2.75, 3.05) is 0 Å². The van der Waals surface area contributed by atoms with Crippen molar-refractivity contribution in [1.82, 2.24) is 10.6 Å². The summed E-state index contributed by atoms with van der Waals surface area (Å²) < 4.78 is 5.06. The number of amides is 2. The molecule has 0 saturated carbocycles. The molecule has 1 aliphatic carbocycles. The molecule has 19 heavy (non-hydrogen) atoms. The summed E-state index contributed by atoms with van der Waals surface area (Å²) in [6.07, 6.45) is 2.70. The molecule has 0 bridgehead atoms. The Hall–Kier alpha value is -1.56. The van der Waals surface area contributed by atoms with Crippen molar-refractivity contribution in [3.8, 4) is 0 Å². The van der Waals surface area contributed by atoms with E-state index in [1.54, 1.807) is 39.8 Å². The molecule has 0 aromatic carbocycles. The van der Waals surface area contributed by atoms with Crippen LogP contribution in [-0.4, -0.2) is 40.9 Å². The van der Waals surface area contributed by atoms with E-state index in [0.717, 1.165) is 0 Å². The van der Waals surface area contributed by atoms with Gasteiger partial charge in [-0.3, -0.25) is 4.79 Å². The number of rotatable bonds is 3. The van der Waals surface area contributed by atoms with Crippen LogP contribution in [0.2, 0.25) is 0 Å². The van der Waals surface area contributed by atoms with Gasteiger partial charge in [0, 0.05) is 6.42 Å². The maximum atomic E-state index is 11.8. The van der Waals surface area contributed by atoms with Crippen LogP contribution in [0.25, 0.3) is 0 Å². The van der Waals surface area contributed by atoms with E-state index >= 15 is 0 Å². The predicted octanol–water partition coefficient (Wildman–Crippen LogP) is 0.705. The summed E-state index contributed by atoms with van der Waals surface area (Å²) in [6, 6.07) is -0.883. The van der Waals surface area contributed by atoms with Crippen LogP contribution in [0.5, 0.6) is 0 Å². The topological polar surface area (TPSA) is 87.7 Å². The molecule has 108 valence electrons. The molecule has 0 spiro atoms. The van der Waals surface area contributed by atoms with Gasteiger partial charge in [-0.15, -0.1) is 0 Å². The smallest absolute Gasteiger partial charge is 0.408 e. The SMILES string of the molecule is C[C@H](NC(=O)OC(C)(C)C)C(=O)N[C@H]1C=C[C@@H](O)C1. The maximum Gasteiger partial charge on any atom is 0.408 e. The summed E-state index contributed by atoms with van der Waals surface area (Å²) in [5.41, 5.74) is -0.599. The molecule has 2 amide bonds. The lowest BCUT2D eigenvalue weighted by atomic mass is 10.2. The number of ether oxygens (including phenoxy) is 1. The minimum atomic E-state index is -0.694.